The first-order valence-corrected chi connectivity index (χ1v) is 18.5. The van der Waals surface area contributed by atoms with Crippen molar-refractivity contribution in [1.82, 2.24) is 14.9 Å². The fourth-order valence-corrected chi connectivity index (χ4v) is 8.47. The number of piperidine rings is 1. The lowest BCUT2D eigenvalue weighted by molar-refractivity contribution is -0.142. The van der Waals surface area contributed by atoms with Crippen LogP contribution in [0.25, 0.3) is 5.57 Å². The summed E-state index contributed by atoms with van der Waals surface area (Å²) in [6.45, 7) is 13.9. The van der Waals surface area contributed by atoms with Crippen LogP contribution in [0.3, 0.4) is 0 Å². The highest BCUT2D eigenvalue weighted by Crippen LogP contribution is 2.49. The van der Waals surface area contributed by atoms with Gasteiger partial charge in [-0.25, -0.2) is 18.1 Å². The van der Waals surface area contributed by atoms with Gasteiger partial charge in [0.1, 0.15) is 0 Å². The van der Waals surface area contributed by atoms with Crippen molar-refractivity contribution in [1.29, 1.82) is 0 Å². The van der Waals surface area contributed by atoms with E-state index in [0.29, 0.717) is 36.9 Å². The standard InChI is InChI=1S/C39H48N4O4S/c1-9-26(6)35(27(7)10-2)33-23-34-41-38(40-33)42-48(45,46)32-14-12-13-28(22-32)36(31(24-47-34)19-25(4)5)29-20-30(21-29)37(44)43-17-15-39(8,11-3)16-18-43/h1,3,10,12-14,22-23,25,29-31,36H,15-21,24H2,2,4-8H3,(H,40,41,42)/b27-10-,35-26+. The molecule has 9 heteroatoms. The van der Waals surface area contributed by atoms with Gasteiger partial charge < -0.3 is 9.64 Å². The SMILES string of the molecule is C#C/C(C)=C(\C(C)=C/C)c1cc2nc(n1)NS(=O)(=O)c1cccc(c1)C(C1CC(C(=O)N3CCC(C)(C#C)CC3)C1)C(CC(C)C)CO2. The summed E-state index contributed by atoms with van der Waals surface area (Å²) in [5.41, 5.74) is 3.56. The topological polar surface area (TPSA) is 101 Å². The summed E-state index contributed by atoms with van der Waals surface area (Å²) in [7, 11) is -4.05. The van der Waals surface area contributed by atoms with E-state index >= 15 is 0 Å². The number of fused-ring (bicyclic) bond motifs is 4. The summed E-state index contributed by atoms with van der Waals surface area (Å²) in [6, 6.07) is 8.90. The van der Waals surface area contributed by atoms with E-state index in [1.165, 1.54) is 0 Å². The molecular weight excluding hydrogens is 621 g/mol. The van der Waals surface area contributed by atoms with Crippen LogP contribution in [-0.2, 0) is 14.8 Å². The Hall–Kier alpha value is -4.08. The summed E-state index contributed by atoms with van der Waals surface area (Å²) in [5.74, 6) is 6.55. The number of carbonyl (C=O) groups is 1. The number of ether oxygens (including phenoxy) is 1. The zero-order valence-corrected chi connectivity index (χ0v) is 29.9. The molecule has 1 saturated carbocycles. The smallest absolute Gasteiger partial charge is 0.264 e. The highest BCUT2D eigenvalue weighted by atomic mass is 32.2. The molecule has 3 aliphatic rings. The van der Waals surface area contributed by atoms with Crippen molar-refractivity contribution in [3.05, 3.63) is 58.8 Å². The summed E-state index contributed by atoms with van der Waals surface area (Å²) in [5, 5.41) is 0. The number of anilines is 1. The van der Waals surface area contributed by atoms with Crippen LogP contribution in [0.2, 0.25) is 0 Å². The number of sulfonamides is 1. The Morgan fingerprint density at radius 2 is 1.88 bits per heavy atom. The van der Waals surface area contributed by atoms with Crippen molar-refractivity contribution in [2.45, 2.75) is 84.5 Å². The summed E-state index contributed by atoms with van der Waals surface area (Å²) >= 11 is 0. The Balaban J connectivity index is 1.50. The molecule has 0 radical (unpaired) electrons. The molecule has 2 atom stereocenters. The van der Waals surface area contributed by atoms with Gasteiger partial charge in [0, 0.05) is 47.6 Å². The molecule has 1 N–H and O–H groups in total. The number of terminal acetylenes is 2. The van der Waals surface area contributed by atoms with Crippen LogP contribution >= 0.6 is 0 Å². The predicted molar refractivity (Wildman–Crippen MR) is 190 cm³/mol. The van der Waals surface area contributed by atoms with Gasteiger partial charge >= 0.3 is 0 Å². The number of hydrogen-bond acceptors (Lipinski definition) is 6. The van der Waals surface area contributed by atoms with Crippen LogP contribution in [0.1, 0.15) is 90.8 Å². The van der Waals surface area contributed by atoms with E-state index in [4.69, 9.17) is 17.6 Å². The van der Waals surface area contributed by atoms with Crippen molar-refractivity contribution in [2.75, 3.05) is 24.4 Å². The summed E-state index contributed by atoms with van der Waals surface area (Å²) < 4.78 is 36.7. The molecule has 8 nitrogen and oxygen atoms in total. The summed E-state index contributed by atoms with van der Waals surface area (Å²) in [4.78, 5) is 24.8. The number of aromatic nitrogens is 2. The van der Waals surface area contributed by atoms with E-state index in [2.05, 4.69) is 47.3 Å². The lowest BCUT2D eigenvalue weighted by Crippen LogP contribution is -2.48. The van der Waals surface area contributed by atoms with E-state index < -0.39 is 10.0 Å². The molecule has 3 heterocycles. The largest absolute Gasteiger partial charge is 0.477 e. The third kappa shape index (κ3) is 7.47. The molecular formula is C39H48N4O4S. The lowest BCUT2D eigenvalue weighted by atomic mass is 9.61. The third-order valence-corrected chi connectivity index (χ3v) is 11.8. The average molecular weight is 669 g/mol. The number of benzene rings is 1. The maximum absolute atomic E-state index is 13.8. The first-order valence-electron chi connectivity index (χ1n) is 17.0. The van der Waals surface area contributed by atoms with Crippen LogP contribution in [-0.4, -0.2) is 48.9 Å². The van der Waals surface area contributed by atoms with Gasteiger partial charge in [-0.05, 0) is 101 Å². The number of rotatable bonds is 6. The lowest BCUT2D eigenvalue weighted by Gasteiger charge is -2.46. The van der Waals surface area contributed by atoms with Crippen molar-refractivity contribution in [3.8, 4) is 30.6 Å². The molecule has 1 aromatic carbocycles. The van der Waals surface area contributed by atoms with Gasteiger partial charge in [0.25, 0.3) is 10.0 Å². The molecule has 1 amide bonds. The number of amides is 1. The van der Waals surface area contributed by atoms with E-state index in [-0.39, 0.29) is 51.7 Å². The second-order valence-corrected chi connectivity index (χ2v) is 16.1. The van der Waals surface area contributed by atoms with Crippen molar-refractivity contribution < 1.29 is 17.9 Å². The van der Waals surface area contributed by atoms with E-state index in [0.717, 1.165) is 48.8 Å². The van der Waals surface area contributed by atoms with Gasteiger partial charge in [-0.1, -0.05) is 38.0 Å². The van der Waals surface area contributed by atoms with Crippen LogP contribution in [0.5, 0.6) is 5.88 Å². The molecule has 1 aromatic heterocycles. The number of nitrogens with one attached hydrogen (secondary N) is 1. The highest BCUT2D eigenvalue weighted by Gasteiger charge is 2.45. The van der Waals surface area contributed by atoms with Crippen molar-refractivity contribution in [2.24, 2.45) is 29.1 Å². The molecule has 5 rings (SSSR count). The average Bonchev–Trinajstić information content (AvgIpc) is 3.03. The molecule has 48 heavy (non-hydrogen) atoms. The van der Waals surface area contributed by atoms with Gasteiger partial charge in [0.05, 0.1) is 17.2 Å². The quantitative estimate of drug-likeness (QED) is 0.261. The molecule has 0 spiro atoms. The Labute approximate surface area is 286 Å². The van der Waals surface area contributed by atoms with Gasteiger partial charge in [-0.3, -0.25) is 4.79 Å². The molecule has 4 bridgehead atoms. The number of likely N-dealkylation sites (tertiary alicyclic amines) is 1. The number of allylic oxidation sites excluding steroid dienone is 4. The monoisotopic (exact) mass is 668 g/mol. The number of hydrogen-bond donors (Lipinski definition) is 1. The maximum Gasteiger partial charge on any atom is 0.264 e. The Morgan fingerprint density at radius 1 is 1.17 bits per heavy atom. The first kappa shape index (κ1) is 35.2. The van der Waals surface area contributed by atoms with Gasteiger partial charge in [-0.2, -0.15) is 4.98 Å². The van der Waals surface area contributed by atoms with Gasteiger partial charge in [-0.15, -0.1) is 18.8 Å². The minimum Gasteiger partial charge on any atom is -0.477 e. The van der Waals surface area contributed by atoms with Crippen LogP contribution < -0.4 is 9.46 Å². The second kappa shape index (κ2) is 14.2. The first-order chi connectivity index (χ1) is 22.8. The molecule has 254 valence electrons. The fraction of sp³-hybridized carbons (Fsp3) is 0.513. The Morgan fingerprint density at radius 3 is 2.50 bits per heavy atom. The van der Waals surface area contributed by atoms with Crippen LogP contribution in [0, 0.1) is 53.8 Å². The molecule has 1 saturated heterocycles. The summed E-state index contributed by atoms with van der Waals surface area (Å²) in [6.07, 6.45) is 17.5. The normalized spacial score (nSPS) is 25.4. The van der Waals surface area contributed by atoms with E-state index in [9.17, 15) is 13.2 Å². The minimum absolute atomic E-state index is 0.0118. The second-order valence-electron chi connectivity index (χ2n) is 14.4. The Bertz CT molecular complexity index is 1800. The highest BCUT2D eigenvalue weighted by molar-refractivity contribution is 7.92. The zero-order chi connectivity index (χ0) is 34.8. The molecule has 2 aliphatic heterocycles. The molecule has 1 aliphatic carbocycles. The van der Waals surface area contributed by atoms with Crippen LogP contribution in [0.15, 0.2) is 52.4 Å². The van der Waals surface area contributed by atoms with E-state index in [1.54, 1.807) is 24.3 Å². The number of carbonyl (C=O) groups excluding carboxylic acids is 1. The molecule has 2 aromatic rings. The number of nitrogens with zero attached hydrogens (tertiary/aromatic N) is 3. The molecule has 2 fully saturated rings. The van der Waals surface area contributed by atoms with Crippen molar-refractivity contribution in [3.63, 3.8) is 0 Å². The van der Waals surface area contributed by atoms with Gasteiger partial charge in [0.15, 0.2) is 0 Å². The van der Waals surface area contributed by atoms with Gasteiger partial charge in [0.2, 0.25) is 17.7 Å². The maximum atomic E-state index is 13.8. The van der Waals surface area contributed by atoms with Crippen LogP contribution in [0.4, 0.5) is 5.95 Å². The third-order valence-electron chi connectivity index (χ3n) is 10.4. The zero-order valence-electron chi connectivity index (χ0n) is 29.0. The van der Waals surface area contributed by atoms with E-state index in [1.807, 2.05) is 37.8 Å². The Kier molecular flexibility index (Phi) is 10.4. The fourth-order valence-electron chi connectivity index (χ4n) is 7.47. The minimum atomic E-state index is -4.05. The molecule has 2 unspecified atom stereocenters. The predicted octanol–water partition coefficient (Wildman–Crippen LogP) is 7.08. The van der Waals surface area contributed by atoms with Crippen molar-refractivity contribution >= 4 is 27.5 Å².